The Morgan fingerprint density at radius 3 is 1.56 bits per heavy atom. The third kappa shape index (κ3) is 3.18. The van der Waals surface area contributed by atoms with Crippen LogP contribution >= 0.6 is 0 Å². The zero-order valence-corrected chi connectivity index (χ0v) is 10.4. The highest BCUT2D eigenvalue weighted by molar-refractivity contribution is 6.58. The average molecular weight is 160 g/mol. The molecule has 0 aromatic rings. The second kappa shape index (κ2) is 2.99. The van der Waals surface area contributed by atoms with Gasteiger partial charge < -0.3 is 4.23 Å². The maximum atomic E-state index is 2.59. The molecule has 0 bridgehead atoms. The topological polar surface area (TPSA) is 3.24 Å². The van der Waals surface area contributed by atoms with Gasteiger partial charge in [0.25, 0.3) is 0 Å². The van der Waals surface area contributed by atoms with Crippen LogP contribution in [0, 0.1) is 0 Å². The van der Waals surface area contributed by atoms with E-state index in [-0.39, 0.29) is 8.96 Å². The van der Waals surface area contributed by atoms with Crippen molar-refractivity contribution >= 4 is 19.4 Å². The summed E-state index contributed by atoms with van der Waals surface area (Å²) in [4.78, 5) is 0. The minimum absolute atomic E-state index is 0.175. The average Bonchev–Trinajstić information content (AvgIpc) is 1.62. The maximum absolute atomic E-state index is 2.59. The zero-order valence-electron chi connectivity index (χ0n) is 7.45. The van der Waals surface area contributed by atoms with Crippen LogP contribution in [0.15, 0.2) is 0 Å². The standard InChI is InChI=1S/C6H18NSi2/c1-6(2,3)7(8)9(4)5/h1-5,8H3. The van der Waals surface area contributed by atoms with Crippen LogP contribution in [0.25, 0.3) is 0 Å². The van der Waals surface area contributed by atoms with Gasteiger partial charge in [0.15, 0.2) is 0 Å². The molecular formula is C6H18NSi2. The first-order valence-corrected chi connectivity index (χ1v) is 6.74. The summed E-state index contributed by atoms with van der Waals surface area (Å²) in [5, 5.41) is 0. The van der Waals surface area contributed by atoms with E-state index in [4.69, 9.17) is 0 Å². The van der Waals surface area contributed by atoms with E-state index in [2.05, 4.69) is 38.1 Å². The third-order valence-electron chi connectivity index (χ3n) is 1.68. The van der Waals surface area contributed by atoms with Gasteiger partial charge in [0, 0.05) is 0 Å². The molecule has 0 aliphatic rings. The van der Waals surface area contributed by atoms with Crippen LogP contribution in [0.5, 0.6) is 0 Å². The fraction of sp³-hybridized carbons (Fsp3) is 1.00. The fourth-order valence-corrected chi connectivity index (χ4v) is 2.01. The van der Waals surface area contributed by atoms with E-state index in [9.17, 15) is 0 Å². The van der Waals surface area contributed by atoms with Gasteiger partial charge in [0.1, 0.15) is 8.96 Å². The molecule has 0 atom stereocenters. The van der Waals surface area contributed by atoms with Crippen molar-refractivity contribution < 1.29 is 0 Å². The largest absolute Gasteiger partial charge is 0.350 e. The molecule has 0 aromatic carbocycles. The molecular weight excluding hydrogens is 142 g/mol. The molecule has 0 amide bonds. The Bertz CT molecular complexity index is 85.5. The molecule has 0 fully saturated rings. The molecule has 0 aliphatic heterocycles. The highest BCUT2D eigenvalue weighted by Crippen LogP contribution is 2.10. The molecule has 0 saturated carbocycles. The van der Waals surface area contributed by atoms with E-state index >= 15 is 0 Å². The van der Waals surface area contributed by atoms with Gasteiger partial charge in [-0.2, -0.15) is 0 Å². The van der Waals surface area contributed by atoms with Gasteiger partial charge in [0.2, 0.25) is 0 Å². The Hall–Kier alpha value is 0.394. The van der Waals surface area contributed by atoms with Gasteiger partial charge in [-0.25, -0.2) is 0 Å². The summed E-state index contributed by atoms with van der Waals surface area (Å²) in [7, 11) is 1.04. The molecule has 0 N–H and O–H groups in total. The first kappa shape index (κ1) is 9.39. The van der Waals surface area contributed by atoms with E-state index in [1.165, 1.54) is 10.4 Å². The van der Waals surface area contributed by atoms with Gasteiger partial charge in [-0.05, 0) is 26.3 Å². The summed E-state index contributed by atoms with van der Waals surface area (Å²) < 4.78 is 2.59. The quantitative estimate of drug-likeness (QED) is 0.508. The second-order valence-electron chi connectivity index (χ2n) is 3.68. The lowest BCUT2D eigenvalue weighted by molar-refractivity contribution is 0.377. The molecule has 1 nitrogen and oxygen atoms in total. The van der Waals surface area contributed by atoms with E-state index in [1.807, 2.05) is 0 Å². The van der Waals surface area contributed by atoms with E-state index in [1.54, 1.807) is 0 Å². The lowest BCUT2D eigenvalue weighted by Crippen LogP contribution is -2.46. The Morgan fingerprint density at radius 1 is 1.22 bits per heavy atom. The molecule has 0 rings (SSSR count). The van der Waals surface area contributed by atoms with Crippen molar-refractivity contribution in [2.45, 2.75) is 39.4 Å². The Labute approximate surface area is 63.6 Å². The predicted molar refractivity (Wildman–Crippen MR) is 49.0 cm³/mol. The summed E-state index contributed by atoms with van der Waals surface area (Å²) in [6.45, 7) is 11.6. The van der Waals surface area contributed by atoms with Gasteiger partial charge >= 0.3 is 0 Å². The van der Waals surface area contributed by atoms with Crippen molar-refractivity contribution in [2.75, 3.05) is 0 Å². The molecule has 1 radical (unpaired) electrons. The van der Waals surface area contributed by atoms with Gasteiger partial charge in [-0.1, -0.05) is 13.1 Å². The van der Waals surface area contributed by atoms with Crippen molar-refractivity contribution in [3.63, 3.8) is 0 Å². The first-order valence-electron chi connectivity index (χ1n) is 3.39. The van der Waals surface area contributed by atoms with Crippen LogP contribution < -0.4 is 0 Å². The van der Waals surface area contributed by atoms with Crippen molar-refractivity contribution in [3.8, 4) is 0 Å². The van der Waals surface area contributed by atoms with Crippen LogP contribution in [-0.2, 0) is 0 Å². The maximum Gasteiger partial charge on any atom is 0.122 e. The van der Waals surface area contributed by atoms with E-state index in [0.29, 0.717) is 5.54 Å². The summed E-state index contributed by atoms with van der Waals surface area (Å²) in [5.74, 6) is 0. The summed E-state index contributed by atoms with van der Waals surface area (Å²) >= 11 is 0. The molecule has 0 aromatic heterocycles. The molecule has 3 heteroatoms. The summed E-state index contributed by atoms with van der Waals surface area (Å²) in [6, 6.07) is 0. The molecule has 0 aliphatic carbocycles. The minimum atomic E-state index is -0.175. The Kier molecular flexibility index (Phi) is 3.12. The molecule has 0 spiro atoms. The van der Waals surface area contributed by atoms with Gasteiger partial charge in [0.05, 0.1) is 10.4 Å². The SMILES string of the molecule is C[Si](C)N([SiH3])C(C)(C)C. The lowest BCUT2D eigenvalue weighted by atomic mass is 10.1. The lowest BCUT2D eigenvalue weighted by Gasteiger charge is -2.35. The predicted octanol–water partition coefficient (Wildman–Crippen LogP) is 0.618. The van der Waals surface area contributed by atoms with E-state index in [0.717, 1.165) is 0 Å². The van der Waals surface area contributed by atoms with Crippen LogP contribution in [0.3, 0.4) is 0 Å². The minimum Gasteiger partial charge on any atom is -0.350 e. The molecule has 55 valence electrons. The second-order valence-corrected chi connectivity index (χ2v) is 8.03. The Morgan fingerprint density at radius 2 is 1.56 bits per heavy atom. The summed E-state index contributed by atoms with van der Waals surface area (Å²) in [6.07, 6.45) is 0. The highest BCUT2D eigenvalue weighted by atomic mass is 28.3. The normalized spacial score (nSPS) is 13.7. The monoisotopic (exact) mass is 160 g/mol. The first-order chi connectivity index (χ1) is 3.85. The third-order valence-corrected chi connectivity index (χ3v) is 7.71. The highest BCUT2D eigenvalue weighted by Gasteiger charge is 2.18. The number of hydrogen-bond acceptors (Lipinski definition) is 1. The van der Waals surface area contributed by atoms with Gasteiger partial charge in [-0.3, -0.25) is 0 Å². The van der Waals surface area contributed by atoms with Crippen LogP contribution in [0.2, 0.25) is 13.1 Å². The Balaban J connectivity index is 3.88. The zero-order chi connectivity index (χ0) is 7.65. The van der Waals surface area contributed by atoms with Crippen molar-refractivity contribution in [1.29, 1.82) is 0 Å². The van der Waals surface area contributed by atoms with Gasteiger partial charge in [-0.15, -0.1) is 0 Å². The van der Waals surface area contributed by atoms with Crippen molar-refractivity contribution in [1.82, 2.24) is 4.23 Å². The molecule has 9 heavy (non-hydrogen) atoms. The van der Waals surface area contributed by atoms with E-state index < -0.39 is 0 Å². The summed E-state index contributed by atoms with van der Waals surface area (Å²) in [5.41, 5.74) is 0.421. The van der Waals surface area contributed by atoms with Crippen molar-refractivity contribution in [3.05, 3.63) is 0 Å². The van der Waals surface area contributed by atoms with Crippen LogP contribution in [0.1, 0.15) is 20.8 Å². The smallest absolute Gasteiger partial charge is 0.122 e. The molecule has 0 heterocycles. The van der Waals surface area contributed by atoms with Crippen LogP contribution in [-0.4, -0.2) is 29.1 Å². The number of rotatable bonds is 1. The number of hydrogen-bond donors (Lipinski definition) is 0. The molecule has 0 unspecified atom stereocenters. The molecule has 0 saturated heterocycles. The fourth-order valence-electron chi connectivity index (χ4n) is 0.671. The van der Waals surface area contributed by atoms with Crippen molar-refractivity contribution in [2.24, 2.45) is 0 Å². The number of nitrogens with zero attached hydrogens (tertiary/aromatic N) is 1. The van der Waals surface area contributed by atoms with Crippen LogP contribution in [0.4, 0.5) is 0 Å².